The summed E-state index contributed by atoms with van der Waals surface area (Å²) in [5.74, 6) is -0.0160. The highest BCUT2D eigenvalue weighted by Gasteiger charge is 2.61. The number of hydrogen-bond acceptors (Lipinski definition) is 8. The Morgan fingerprint density at radius 1 is 1.14 bits per heavy atom. The highest BCUT2D eigenvalue weighted by molar-refractivity contribution is 5.99. The first kappa shape index (κ1) is 23.2. The molecule has 1 amide bonds. The van der Waals surface area contributed by atoms with E-state index in [1.54, 1.807) is 30.5 Å². The maximum Gasteiger partial charge on any atom is 0.430 e. The van der Waals surface area contributed by atoms with Gasteiger partial charge in [-0.3, -0.25) is 4.79 Å². The van der Waals surface area contributed by atoms with Crippen molar-refractivity contribution in [3.8, 4) is 28.8 Å². The number of amides is 1. The maximum atomic E-state index is 13.3. The Kier molecular flexibility index (Phi) is 5.76. The van der Waals surface area contributed by atoms with Crippen LogP contribution < -0.4 is 20.1 Å². The van der Waals surface area contributed by atoms with E-state index in [4.69, 9.17) is 9.47 Å². The third kappa shape index (κ3) is 4.43. The van der Waals surface area contributed by atoms with Gasteiger partial charge in [-0.25, -0.2) is 19.9 Å². The molecular formula is C23H18F3N7O3. The average Bonchev–Trinajstić information content (AvgIpc) is 3.24. The maximum absolute atomic E-state index is 13.3. The molecule has 184 valence electrons. The molecule has 1 fully saturated rings. The van der Waals surface area contributed by atoms with Crippen molar-refractivity contribution in [1.82, 2.24) is 30.2 Å². The number of carbonyl (C=O) groups excluding carboxylic acids is 1. The highest BCUT2D eigenvalue weighted by atomic mass is 19.4. The van der Waals surface area contributed by atoms with E-state index in [9.17, 15) is 18.0 Å². The fourth-order valence-corrected chi connectivity index (χ4v) is 3.46. The molecule has 3 N–H and O–H groups in total. The largest absolute Gasteiger partial charge is 0.457 e. The molecule has 10 nitrogen and oxygen atoms in total. The van der Waals surface area contributed by atoms with E-state index in [0.717, 1.165) is 12.3 Å². The van der Waals surface area contributed by atoms with Crippen molar-refractivity contribution in [1.29, 1.82) is 0 Å². The van der Waals surface area contributed by atoms with Crippen molar-refractivity contribution >= 4 is 22.8 Å². The Bertz CT molecular complexity index is 1430. The summed E-state index contributed by atoms with van der Waals surface area (Å²) in [6.07, 6.45) is 2.08. The van der Waals surface area contributed by atoms with E-state index in [1.807, 2.05) is 0 Å². The molecule has 5 rings (SSSR count). The Hall–Kier alpha value is -4.52. The number of anilines is 1. The van der Waals surface area contributed by atoms with Crippen molar-refractivity contribution in [2.24, 2.45) is 0 Å². The first-order valence-electron chi connectivity index (χ1n) is 10.6. The summed E-state index contributed by atoms with van der Waals surface area (Å²) in [4.78, 5) is 31.5. The topological polar surface area (TPSA) is 127 Å². The fraction of sp³-hybridized carbons (Fsp3) is 0.174. The number of carbonyl (C=O) groups is 1. The molecule has 36 heavy (non-hydrogen) atoms. The lowest BCUT2D eigenvalue weighted by molar-refractivity contribution is -0.264. The van der Waals surface area contributed by atoms with Crippen LogP contribution in [-0.2, 0) is 4.79 Å². The molecule has 4 aromatic rings. The highest BCUT2D eigenvalue weighted by Crippen LogP contribution is 2.37. The molecule has 1 saturated heterocycles. The van der Waals surface area contributed by atoms with E-state index >= 15 is 0 Å². The van der Waals surface area contributed by atoms with Gasteiger partial charge < -0.3 is 25.1 Å². The second kappa shape index (κ2) is 8.92. The van der Waals surface area contributed by atoms with Gasteiger partial charge in [0.1, 0.15) is 11.3 Å². The minimum absolute atomic E-state index is 0.174. The van der Waals surface area contributed by atoms with Crippen LogP contribution in [0, 0.1) is 0 Å². The van der Waals surface area contributed by atoms with Gasteiger partial charge in [0.05, 0.1) is 24.3 Å². The van der Waals surface area contributed by atoms with Gasteiger partial charge in [0.25, 0.3) is 0 Å². The number of fused-ring (bicyclic) bond motifs is 1. The summed E-state index contributed by atoms with van der Waals surface area (Å²) in [6.45, 7) is 2.70. The quantitative estimate of drug-likeness (QED) is 0.331. The van der Waals surface area contributed by atoms with Gasteiger partial charge in [-0.2, -0.15) is 13.2 Å². The first-order valence-corrected chi connectivity index (χ1v) is 10.6. The van der Waals surface area contributed by atoms with Gasteiger partial charge >= 0.3 is 6.18 Å². The Morgan fingerprint density at radius 3 is 2.61 bits per heavy atom. The third-order valence-corrected chi connectivity index (χ3v) is 5.41. The molecule has 0 aliphatic carbocycles. The van der Waals surface area contributed by atoms with Gasteiger partial charge in [0.15, 0.2) is 5.65 Å². The number of nitrogens with zero attached hydrogens (tertiary/aromatic N) is 4. The lowest BCUT2D eigenvalue weighted by Crippen LogP contribution is -2.71. The van der Waals surface area contributed by atoms with Crippen LogP contribution in [0.1, 0.15) is 0 Å². The molecule has 13 heteroatoms. The van der Waals surface area contributed by atoms with Crippen LogP contribution in [0.3, 0.4) is 0 Å². The molecular weight excluding hydrogens is 479 g/mol. The number of aromatic amines is 1. The molecule has 0 atom stereocenters. The van der Waals surface area contributed by atoms with E-state index in [1.165, 1.54) is 12.4 Å². The first-order chi connectivity index (χ1) is 17.3. The van der Waals surface area contributed by atoms with Gasteiger partial charge in [0, 0.05) is 36.6 Å². The standard InChI is InChI=1S/C23H18F3N7O3/c1-2-17(34)32-13-4-3-5-14(6-13)35-19-10-31-21-20(33-19)15(7-30-21)16-8-29-18(9-28-16)36-22(11-27-12-22)23(24,25)26/h2-10,27H,1,11-12H2,(H,30,31)(H,32,34). The summed E-state index contributed by atoms with van der Waals surface area (Å²) in [5.41, 5.74) is -0.0687. The number of aromatic nitrogens is 5. The number of ether oxygens (including phenoxy) is 2. The fourth-order valence-electron chi connectivity index (χ4n) is 3.46. The van der Waals surface area contributed by atoms with E-state index in [-0.39, 0.29) is 30.8 Å². The zero-order valence-electron chi connectivity index (χ0n) is 18.5. The molecule has 3 aromatic heterocycles. The Morgan fingerprint density at radius 2 is 1.94 bits per heavy atom. The molecule has 0 unspecified atom stereocenters. The number of nitrogens with one attached hydrogen (secondary N) is 3. The molecule has 0 saturated carbocycles. The number of hydrogen-bond donors (Lipinski definition) is 3. The van der Waals surface area contributed by atoms with Gasteiger partial charge in [-0.15, -0.1) is 0 Å². The smallest absolute Gasteiger partial charge is 0.430 e. The molecule has 1 aliphatic heterocycles. The Labute approximate surface area is 201 Å². The van der Waals surface area contributed by atoms with Crippen molar-refractivity contribution < 1.29 is 27.4 Å². The summed E-state index contributed by atoms with van der Waals surface area (Å²) in [7, 11) is 0. The monoisotopic (exact) mass is 497 g/mol. The third-order valence-electron chi connectivity index (χ3n) is 5.41. The van der Waals surface area contributed by atoms with Gasteiger partial charge in [0.2, 0.25) is 23.3 Å². The van der Waals surface area contributed by atoms with Crippen molar-refractivity contribution in [2.75, 3.05) is 18.4 Å². The molecule has 0 spiro atoms. The van der Waals surface area contributed by atoms with Crippen molar-refractivity contribution in [3.63, 3.8) is 0 Å². The zero-order valence-corrected chi connectivity index (χ0v) is 18.5. The van der Waals surface area contributed by atoms with Crippen LogP contribution in [0.5, 0.6) is 17.5 Å². The van der Waals surface area contributed by atoms with E-state index < -0.39 is 11.8 Å². The molecule has 0 radical (unpaired) electrons. The van der Waals surface area contributed by atoms with Crippen molar-refractivity contribution in [3.05, 3.63) is 61.7 Å². The average molecular weight is 497 g/mol. The lowest BCUT2D eigenvalue weighted by Gasteiger charge is -2.42. The zero-order chi connectivity index (χ0) is 25.3. The second-order valence-electron chi connectivity index (χ2n) is 7.87. The number of benzene rings is 1. The van der Waals surface area contributed by atoms with Gasteiger partial charge in [-0.05, 0) is 18.2 Å². The summed E-state index contributed by atoms with van der Waals surface area (Å²) >= 11 is 0. The molecule has 1 aromatic carbocycles. The lowest BCUT2D eigenvalue weighted by atomic mass is 9.96. The van der Waals surface area contributed by atoms with Crippen LogP contribution in [0.2, 0.25) is 0 Å². The van der Waals surface area contributed by atoms with Crippen LogP contribution in [0.4, 0.5) is 18.9 Å². The minimum atomic E-state index is -4.54. The number of rotatable bonds is 7. The normalized spacial score (nSPS) is 14.6. The Balaban J connectivity index is 1.37. The number of halogens is 3. The molecule has 4 heterocycles. The van der Waals surface area contributed by atoms with Crippen LogP contribution in [-0.4, -0.2) is 55.7 Å². The number of H-pyrrole nitrogens is 1. The minimum Gasteiger partial charge on any atom is -0.457 e. The van der Waals surface area contributed by atoms with Crippen LogP contribution in [0.25, 0.3) is 22.4 Å². The second-order valence-corrected chi connectivity index (χ2v) is 7.87. The summed E-state index contributed by atoms with van der Waals surface area (Å²) < 4.78 is 51.0. The SMILES string of the molecule is C=CC(=O)Nc1cccc(Oc2cnc3[nH]cc(-c4cnc(OC5(C(F)(F)F)CNC5)cn4)c3n2)c1. The van der Waals surface area contributed by atoms with E-state index in [2.05, 4.69) is 42.1 Å². The summed E-state index contributed by atoms with van der Waals surface area (Å²) in [6, 6.07) is 6.69. The van der Waals surface area contributed by atoms with Crippen LogP contribution in [0.15, 0.2) is 61.7 Å². The predicted octanol–water partition coefficient (Wildman–Crippen LogP) is 3.61. The summed E-state index contributed by atoms with van der Waals surface area (Å²) in [5, 5.41) is 5.21. The van der Waals surface area contributed by atoms with Crippen molar-refractivity contribution in [2.45, 2.75) is 11.8 Å². The van der Waals surface area contributed by atoms with Gasteiger partial charge in [-0.1, -0.05) is 12.6 Å². The number of alkyl halides is 3. The molecule has 1 aliphatic rings. The van der Waals surface area contributed by atoms with E-state index in [0.29, 0.717) is 33.9 Å². The van der Waals surface area contributed by atoms with Crippen LogP contribution >= 0.6 is 0 Å². The molecule has 0 bridgehead atoms. The predicted molar refractivity (Wildman–Crippen MR) is 123 cm³/mol.